The monoisotopic (exact) mass is 447 g/mol. The van der Waals surface area contributed by atoms with Gasteiger partial charge < -0.3 is 14.7 Å². The van der Waals surface area contributed by atoms with Gasteiger partial charge in [-0.25, -0.2) is 0 Å². The number of carbonyl (C=O) groups excluding carboxylic acids is 2. The lowest BCUT2D eigenvalue weighted by Crippen LogP contribution is -2.40. The van der Waals surface area contributed by atoms with E-state index in [1.807, 2.05) is 44.2 Å². The van der Waals surface area contributed by atoms with Gasteiger partial charge in [-0.3, -0.25) is 9.59 Å². The van der Waals surface area contributed by atoms with Gasteiger partial charge in [0.2, 0.25) is 0 Å². The Labute approximate surface area is 196 Å². The Hall–Kier alpha value is -3.08. The molecule has 0 bridgehead atoms. The third-order valence-electron chi connectivity index (χ3n) is 6.63. The number of aliphatic hydroxyl groups is 1. The minimum Gasteiger partial charge on any atom is -0.507 e. The number of ether oxygens (including phenoxy) is 1. The van der Waals surface area contributed by atoms with Crippen molar-refractivity contribution >= 4 is 17.4 Å². The molecule has 0 radical (unpaired) electrons. The first kappa shape index (κ1) is 23.1. The van der Waals surface area contributed by atoms with Crippen LogP contribution in [0.1, 0.15) is 75.6 Å². The molecule has 1 unspecified atom stereocenters. The molecule has 1 heterocycles. The van der Waals surface area contributed by atoms with E-state index < -0.39 is 17.7 Å². The van der Waals surface area contributed by atoms with E-state index in [-0.39, 0.29) is 23.5 Å². The van der Waals surface area contributed by atoms with Gasteiger partial charge in [-0.05, 0) is 56.4 Å². The first-order chi connectivity index (χ1) is 15.9. The molecular formula is C28H33NO4. The Morgan fingerprint density at radius 3 is 2.39 bits per heavy atom. The summed E-state index contributed by atoms with van der Waals surface area (Å²) in [5, 5.41) is 11.3. The van der Waals surface area contributed by atoms with Gasteiger partial charge in [0.15, 0.2) is 0 Å². The van der Waals surface area contributed by atoms with Crippen molar-refractivity contribution in [3.05, 3.63) is 70.8 Å². The molecule has 1 amide bonds. The zero-order chi connectivity index (χ0) is 23.5. The Morgan fingerprint density at radius 1 is 1.06 bits per heavy atom. The van der Waals surface area contributed by atoms with Gasteiger partial charge in [0, 0.05) is 11.6 Å². The van der Waals surface area contributed by atoms with E-state index >= 15 is 0 Å². The van der Waals surface area contributed by atoms with Crippen LogP contribution in [0.15, 0.2) is 54.1 Å². The molecule has 1 aliphatic carbocycles. The van der Waals surface area contributed by atoms with E-state index in [1.165, 1.54) is 5.56 Å². The van der Waals surface area contributed by atoms with Crippen LogP contribution in [0.2, 0.25) is 0 Å². The number of Topliss-reactive ketones (excluding diaryl/α,β-unsaturated/α-hetero) is 1. The minimum absolute atomic E-state index is 0.00644. The number of benzene rings is 2. The average Bonchev–Trinajstić information content (AvgIpc) is 3.09. The molecule has 5 heteroatoms. The zero-order valence-corrected chi connectivity index (χ0v) is 19.7. The maximum Gasteiger partial charge on any atom is 0.295 e. The molecule has 1 N–H and O–H groups in total. The highest BCUT2D eigenvalue weighted by Gasteiger charge is 2.48. The molecule has 0 spiro atoms. The van der Waals surface area contributed by atoms with Crippen molar-refractivity contribution in [2.75, 3.05) is 0 Å². The molecule has 5 nitrogen and oxygen atoms in total. The van der Waals surface area contributed by atoms with Crippen LogP contribution in [0.25, 0.3) is 5.76 Å². The number of hydrogen-bond donors (Lipinski definition) is 1. The number of hydrogen-bond acceptors (Lipinski definition) is 4. The molecule has 2 aliphatic rings. The van der Waals surface area contributed by atoms with Crippen LogP contribution in [-0.4, -0.2) is 33.8 Å². The highest BCUT2D eigenvalue weighted by atomic mass is 16.5. The van der Waals surface area contributed by atoms with Gasteiger partial charge in [0.05, 0.1) is 17.7 Å². The average molecular weight is 448 g/mol. The Morgan fingerprint density at radius 2 is 1.76 bits per heavy atom. The largest absolute Gasteiger partial charge is 0.507 e. The molecule has 33 heavy (non-hydrogen) atoms. The fourth-order valence-electron chi connectivity index (χ4n) is 4.99. The van der Waals surface area contributed by atoms with Gasteiger partial charge in [0.25, 0.3) is 11.7 Å². The molecule has 1 atom stereocenters. The lowest BCUT2D eigenvalue weighted by molar-refractivity contribution is -0.141. The van der Waals surface area contributed by atoms with E-state index in [0.29, 0.717) is 11.3 Å². The second-order valence-electron chi connectivity index (χ2n) is 9.29. The predicted octanol–water partition coefficient (Wildman–Crippen LogP) is 5.79. The van der Waals surface area contributed by atoms with Crippen molar-refractivity contribution in [2.24, 2.45) is 0 Å². The summed E-state index contributed by atoms with van der Waals surface area (Å²) < 4.78 is 5.77. The minimum atomic E-state index is -0.613. The molecule has 1 aliphatic heterocycles. The molecule has 4 rings (SSSR count). The molecule has 0 aromatic heterocycles. The Kier molecular flexibility index (Phi) is 6.87. The lowest BCUT2D eigenvalue weighted by atomic mass is 9.90. The zero-order valence-electron chi connectivity index (χ0n) is 19.7. The van der Waals surface area contributed by atoms with Gasteiger partial charge >= 0.3 is 0 Å². The van der Waals surface area contributed by atoms with Crippen LogP contribution in [0.4, 0.5) is 0 Å². The summed E-state index contributed by atoms with van der Waals surface area (Å²) in [7, 11) is 0. The van der Waals surface area contributed by atoms with E-state index in [1.54, 1.807) is 23.1 Å². The first-order valence-corrected chi connectivity index (χ1v) is 12.1. The van der Waals surface area contributed by atoms with Crippen LogP contribution >= 0.6 is 0 Å². The van der Waals surface area contributed by atoms with Gasteiger partial charge in [-0.1, -0.05) is 62.6 Å². The van der Waals surface area contributed by atoms with Crippen LogP contribution in [0.5, 0.6) is 5.75 Å². The summed E-state index contributed by atoms with van der Waals surface area (Å²) in [6.07, 6.45) is 5.90. The topological polar surface area (TPSA) is 66.8 Å². The molecular weight excluding hydrogens is 414 g/mol. The quantitative estimate of drug-likeness (QED) is 0.346. The number of ketones is 1. The predicted molar refractivity (Wildman–Crippen MR) is 129 cm³/mol. The number of rotatable bonds is 6. The summed E-state index contributed by atoms with van der Waals surface area (Å²) in [5.41, 5.74) is 2.68. The Bertz CT molecular complexity index is 1050. The van der Waals surface area contributed by atoms with Gasteiger partial charge in [-0.15, -0.1) is 0 Å². The SMILES string of the molecule is CCc1ccc(C2/C(=C(/O)c3cccc(OC(C)C)c3)C(=O)C(=O)N2C2CCCCC2)cc1. The second-order valence-corrected chi connectivity index (χ2v) is 9.29. The third-order valence-corrected chi connectivity index (χ3v) is 6.63. The smallest absolute Gasteiger partial charge is 0.295 e. The van der Waals surface area contributed by atoms with Crippen molar-refractivity contribution in [2.45, 2.75) is 77.5 Å². The van der Waals surface area contributed by atoms with E-state index in [0.717, 1.165) is 44.1 Å². The number of aryl methyl sites for hydroxylation is 1. The highest BCUT2D eigenvalue weighted by Crippen LogP contribution is 2.43. The van der Waals surface area contributed by atoms with Gasteiger partial charge in [0.1, 0.15) is 11.5 Å². The van der Waals surface area contributed by atoms with Crippen LogP contribution < -0.4 is 4.74 Å². The normalized spacial score (nSPS) is 21.1. The van der Waals surface area contributed by atoms with Crippen LogP contribution in [-0.2, 0) is 16.0 Å². The van der Waals surface area contributed by atoms with Crippen LogP contribution in [0.3, 0.4) is 0 Å². The second kappa shape index (κ2) is 9.82. The van der Waals surface area contributed by atoms with Crippen molar-refractivity contribution in [3.8, 4) is 5.75 Å². The highest BCUT2D eigenvalue weighted by molar-refractivity contribution is 6.46. The van der Waals surface area contributed by atoms with E-state index in [2.05, 4.69) is 6.92 Å². The van der Waals surface area contributed by atoms with Crippen molar-refractivity contribution in [1.82, 2.24) is 4.90 Å². The lowest BCUT2D eigenvalue weighted by Gasteiger charge is -2.35. The van der Waals surface area contributed by atoms with Crippen molar-refractivity contribution < 1.29 is 19.4 Å². The molecule has 2 aromatic rings. The number of likely N-dealkylation sites (tertiary alicyclic amines) is 1. The number of aliphatic hydroxyl groups excluding tert-OH is 1. The molecule has 2 fully saturated rings. The first-order valence-electron chi connectivity index (χ1n) is 12.1. The molecule has 1 saturated heterocycles. The standard InChI is InChI=1S/C28H33NO4/c1-4-19-13-15-20(16-14-19)25-24(26(30)21-9-8-12-23(17-21)33-18(2)3)27(31)28(32)29(25)22-10-6-5-7-11-22/h8-9,12-18,22,25,30H,4-7,10-11H2,1-3H3/b26-24-. The van der Waals surface area contributed by atoms with E-state index in [4.69, 9.17) is 4.74 Å². The summed E-state index contributed by atoms with van der Waals surface area (Å²) in [4.78, 5) is 28.3. The fraction of sp³-hybridized carbons (Fsp3) is 0.429. The molecule has 1 saturated carbocycles. The van der Waals surface area contributed by atoms with Gasteiger partial charge in [-0.2, -0.15) is 0 Å². The summed E-state index contributed by atoms with van der Waals surface area (Å²) >= 11 is 0. The summed E-state index contributed by atoms with van der Waals surface area (Å²) in [5.74, 6) is -0.662. The number of amides is 1. The third kappa shape index (κ3) is 4.68. The molecule has 2 aromatic carbocycles. The fourth-order valence-corrected chi connectivity index (χ4v) is 4.99. The van der Waals surface area contributed by atoms with Crippen molar-refractivity contribution in [1.29, 1.82) is 0 Å². The van der Waals surface area contributed by atoms with Crippen molar-refractivity contribution in [3.63, 3.8) is 0 Å². The number of nitrogens with zero attached hydrogens (tertiary/aromatic N) is 1. The molecule has 174 valence electrons. The van der Waals surface area contributed by atoms with Crippen LogP contribution in [0, 0.1) is 0 Å². The Balaban J connectivity index is 1.83. The maximum atomic E-state index is 13.3. The number of carbonyl (C=O) groups is 2. The summed E-state index contributed by atoms with van der Waals surface area (Å²) in [6.45, 7) is 5.96. The van der Waals surface area contributed by atoms with E-state index in [9.17, 15) is 14.7 Å². The summed E-state index contributed by atoms with van der Waals surface area (Å²) in [6, 6.07) is 14.5. The maximum absolute atomic E-state index is 13.3.